The molecule has 27 heavy (non-hydrogen) atoms. The number of carboxylic acids is 1. The van der Waals surface area contributed by atoms with Crippen molar-refractivity contribution in [3.63, 3.8) is 0 Å². The third kappa shape index (κ3) is 5.35. The molecular formula is C21H20O4S2. The maximum absolute atomic E-state index is 10.5. The van der Waals surface area contributed by atoms with Crippen molar-refractivity contribution in [1.82, 2.24) is 0 Å². The molecule has 1 heterocycles. The van der Waals surface area contributed by atoms with E-state index in [0.717, 1.165) is 26.9 Å². The lowest BCUT2D eigenvalue weighted by Gasteiger charge is -2.11. The maximum Gasteiger partial charge on any atom is 0.331 e. The van der Waals surface area contributed by atoms with Crippen LogP contribution in [0.5, 0.6) is 5.06 Å². The first-order valence-electron chi connectivity index (χ1n) is 8.42. The first kappa shape index (κ1) is 19.5. The van der Waals surface area contributed by atoms with E-state index in [4.69, 9.17) is 14.0 Å². The molecule has 0 amide bonds. The van der Waals surface area contributed by atoms with Gasteiger partial charge >= 0.3 is 5.97 Å². The molecule has 3 rings (SSSR count). The van der Waals surface area contributed by atoms with Crippen LogP contribution in [0.2, 0.25) is 0 Å². The van der Waals surface area contributed by atoms with E-state index in [1.165, 1.54) is 33.6 Å². The highest BCUT2D eigenvalue weighted by molar-refractivity contribution is 7.96. The molecule has 0 aliphatic rings. The Morgan fingerprint density at radius 2 is 1.81 bits per heavy atom. The van der Waals surface area contributed by atoms with Crippen molar-refractivity contribution in [2.75, 3.05) is 6.61 Å². The zero-order valence-electron chi connectivity index (χ0n) is 15.1. The quantitative estimate of drug-likeness (QED) is 0.490. The largest absolute Gasteiger partial charge is 0.479 e. The second-order valence-electron chi connectivity index (χ2n) is 6.07. The monoisotopic (exact) mass is 400 g/mol. The number of rotatable bonds is 8. The summed E-state index contributed by atoms with van der Waals surface area (Å²) in [6, 6.07) is 18.4. The van der Waals surface area contributed by atoms with E-state index in [9.17, 15) is 4.79 Å². The molecule has 0 radical (unpaired) electrons. The van der Waals surface area contributed by atoms with Gasteiger partial charge in [0.15, 0.2) is 11.7 Å². The van der Waals surface area contributed by atoms with Gasteiger partial charge in [-0.15, -0.1) is 0 Å². The Balaban J connectivity index is 1.64. The molecule has 0 aliphatic carbocycles. The van der Waals surface area contributed by atoms with Crippen LogP contribution < -0.4 is 4.74 Å². The number of ether oxygens (including phenoxy) is 1. The van der Waals surface area contributed by atoms with E-state index in [-0.39, 0.29) is 6.61 Å². The molecule has 0 aliphatic heterocycles. The highest BCUT2D eigenvalue weighted by Crippen LogP contribution is 2.33. The van der Waals surface area contributed by atoms with Crippen LogP contribution in [0.15, 0.2) is 58.8 Å². The second-order valence-corrected chi connectivity index (χ2v) is 8.22. The third-order valence-corrected chi connectivity index (χ3v) is 5.74. The SMILES string of the molecule is Cc1cccc(C)c1-c1cccc(COc2ccc(SOCC(=O)O)s2)c1. The molecule has 6 heteroatoms. The molecule has 0 atom stereocenters. The average molecular weight is 401 g/mol. The van der Waals surface area contributed by atoms with Gasteiger partial charge in [0.25, 0.3) is 0 Å². The smallest absolute Gasteiger partial charge is 0.331 e. The summed E-state index contributed by atoms with van der Waals surface area (Å²) in [7, 11) is 0. The van der Waals surface area contributed by atoms with Crippen molar-refractivity contribution in [3.8, 4) is 16.2 Å². The molecule has 0 spiro atoms. The van der Waals surface area contributed by atoms with Crippen LogP contribution >= 0.6 is 23.4 Å². The summed E-state index contributed by atoms with van der Waals surface area (Å²) in [5.74, 6) is -0.987. The summed E-state index contributed by atoms with van der Waals surface area (Å²) in [6.07, 6.45) is 0. The van der Waals surface area contributed by atoms with Gasteiger partial charge in [-0.25, -0.2) is 4.79 Å². The summed E-state index contributed by atoms with van der Waals surface area (Å²) in [4.78, 5) is 10.5. The molecule has 4 nitrogen and oxygen atoms in total. The number of hydrogen-bond acceptors (Lipinski definition) is 5. The van der Waals surface area contributed by atoms with Crippen LogP contribution in [0.1, 0.15) is 16.7 Å². The number of aryl methyl sites for hydroxylation is 2. The van der Waals surface area contributed by atoms with Crippen LogP contribution in [0.4, 0.5) is 0 Å². The summed E-state index contributed by atoms with van der Waals surface area (Å²) in [5.41, 5.74) is 6.07. The number of carboxylic acid groups (broad SMARTS) is 1. The Kier molecular flexibility index (Phi) is 6.55. The topological polar surface area (TPSA) is 55.8 Å². The summed E-state index contributed by atoms with van der Waals surface area (Å²) in [6.45, 7) is 4.40. The molecule has 0 bridgehead atoms. The first-order chi connectivity index (χ1) is 13.0. The molecule has 2 aromatic carbocycles. The van der Waals surface area contributed by atoms with Crippen molar-refractivity contribution in [3.05, 3.63) is 71.3 Å². The number of benzene rings is 2. The minimum Gasteiger partial charge on any atom is -0.479 e. The van der Waals surface area contributed by atoms with Gasteiger partial charge in [-0.3, -0.25) is 4.18 Å². The summed E-state index contributed by atoms with van der Waals surface area (Å²) >= 11 is 2.48. The number of thiophene rings is 1. The second kappa shape index (κ2) is 9.08. The molecule has 1 aromatic heterocycles. The Labute approximate surface area is 167 Å². The highest BCUT2D eigenvalue weighted by atomic mass is 32.2. The fourth-order valence-corrected chi connectivity index (χ4v) is 4.32. The number of carbonyl (C=O) groups is 1. The van der Waals surface area contributed by atoms with Gasteiger partial charge in [-0.05, 0) is 59.9 Å². The van der Waals surface area contributed by atoms with Crippen LogP contribution in [0.3, 0.4) is 0 Å². The van der Waals surface area contributed by atoms with Gasteiger partial charge in [0, 0.05) is 12.0 Å². The fourth-order valence-electron chi connectivity index (χ4n) is 2.80. The molecule has 0 fully saturated rings. The molecule has 3 aromatic rings. The Morgan fingerprint density at radius 3 is 2.56 bits per heavy atom. The molecule has 0 saturated carbocycles. The van der Waals surface area contributed by atoms with E-state index in [2.05, 4.69) is 56.3 Å². The van der Waals surface area contributed by atoms with Crippen molar-refractivity contribution in [2.45, 2.75) is 24.7 Å². The van der Waals surface area contributed by atoms with Crippen LogP contribution in [-0.2, 0) is 15.6 Å². The van der Waals surface area contributed by atoms with E-state index in [0.29, 0.717) is 6.61 Å². The van der Waals surface area contributed by atoms with Gasteiger partial charge < -0.3 is 9.84 Å². The Morgan fingerprint density at radius 1 is 1.07 bits per heavy atom. The third-order valence-electron chi connectivity index (χ3n) is 3.96. The van der Waals surface area contributed by atoms with E-state index in [1.54, 1.807) is 0 Å². The Hall–Kier alpha value is -2.28. The highest BCUT2D eigenvalue weighted by Gasteiger charge is 2.08. The van der Waals surface area contributed by atoms with E-state index >= 15 is 0 Å². The lowest BCUT2D eigenvalue weighted by Crippen LogP contribution is -2.01. The van der Waals surface area contributed by atoms with Gasteiger partial charge in [0.05, 0.1) is 4.21 Å². The van der Waals surface area contributed by atoms with Crippen molar-refractivity contribution in [2.24, 2.45) is 0 Å². The van der Waals surface area contributed by atoms with Crippen LogP contribution in [0, 0.1) is 13.8 Å². The minimum absolute atomic E-state index is 0.329. The predicted octanol–water partition coefficient (Wildman–Crippen LogP) is 5.72. The molecule has 0 saturated heterocycles. The lowest BCUT2D eigenvalue weighted by molar-refractivity contribution is -0.138. The van der Waals surface area contributed by atoms with Gasteiger partial charge in [-0.2, -0.15) is 0 Å². The zero-order valence-corrected chi connectivity index (χ0v) is 16.7. The first-order valence-corrected chi connectivity index (χ1v) is 9.98. The summed E-state index contributed by atoms with van der Waals surface area (Å²) < 4.78 is 11.8. The standard InChI is InChI=1S/C21H20O4S2/c1-14-5-3-6-15(2)21(14)17-8-4-7-16(11-17)12-24-19-9-10-20(26-19)27-25-13-18(22)23/h3-11H,12-13H2,1-2H3,(H,22,23). The van der Waals surface area contributed by atoms with Crippen LogP contribution in [0.25, 0.3) is 11.1 Å². The van der Waals surface area contributed by atoms with E-state index < -0.39 is 5.97 Å². The van der Waals surface area contributed by atoms with Crippen LogP contribution in [-0.4, -0.2) is 17.7 Å². The number of aliphatic carboxylic acids is 1. The normalized spacial score (nSPS) is 10.7. The minimum atomic E-state index is -0.987. The van der Waals surface area contributed by atoms with Crippen molar-refractivity contribution < 1.29 is 18.8 Å². The summed E-state index contributed by atoms with van der Waals surface area (Å²) in [5, 5.41) is 9.36. The maximum atomic E-state index is 10.5. The van der Waals surface area contributed by atoms with Crippen molar-refractivity contribution >= 4 is 29.3 Å². The molecule has 0 unspecified atom stereocenters. The average Bonchev–Trinajstić information content (AvgIpc) is 3.08. The predicted molar refractivity (Wildman–Crippen MR) is 109 cm³/mol. The molecule has 140 valence electrons. The molecular weight excluding hydrogens is 380 g/mol. The van der Waals surface area contributed by atoms with Gasteiger partial charge in [0.1, 0.15) is 6.61 Å². The van der Waals surface area contributed by atoms with Gasteiger partial charge in [-0.1, -0.05) is 47.7 Å². The van der Waals surface area contributed by atoms with Gasteiger partial charge in [0.2, 0.25) is 0 Å². The van der Waals surface area contributed by atoms with Crippen molar-refractivity contribution in [1.29, 1.82) is 0 Å². The molecule has 1 N–H and O–H groups in total. The van der Waals surface area contributed by atoms with E-state index in [1.807, 2.05) is 12.1 Å². The fraction of sp³-hybridized carbons (Fsp3) is 0.190. The Bertz CT molecular complexity index is 913. The number of hydrogen-bond donors (Lipinski definition) is 1. The zero-order chi connectivity index (χ0) is 19.2. The lowest BCUT2D eigenvalue weighted by atomic mass is 9.95.